The van der Waals surface area contributed by atoms with Gasteiger partial charge in [-0.1, -0.05) is 46.3 Å². The maximum absolute atomic E-state index is 13.1. The summed E-state index contributed by atoms with van der Waals surface area (Å²) in [5.41, 5.74) is 1.68. The summed E-state index contributed by atoms with van der Waals surface area (Å²) < 4.78 is 5.63. The minimum atomic E-state index is -0.863. The third-order valence-corrected chi connectivity index (χ3v) is 5.89. The molecule has 0 bridgehead atoms. The molecule has 1 fully saturated rings. The molecule has 162 valence electrons. The predicted octanol–water partition coefficient (Wildman–Crippen LogP) is 2.99. The summed E-state index contributed by atoms with van der Waals surface area (Å²) in [6, 6.07) is 16.0. The summed E-state index contributed by atoms with van der Waals surface area (Å²) in [5, 5.41) is 3.00. The summed E-state index contributed by atoms with van der Waals surface area (Å²) in [6.45, 7) is 0.170. The maximum atomic E-state index is 13.1. The van der Waals surface area contributed by atoms with E-state index in [1.165, 1.54) is 16.9 Å². The summed E-state index contributed by atoms with van der Waals surface area (Å²) in [7, 11) is 1.27. The Morgan fingerprint density at radius 3 is 2.45 bits per heavy atom. The van der Waals surface area contributed by atoms with E-state index in [4.69, 9.17) is 17.0 Å². The Morgan fingerprint density at radius 1 is 1.13 bits per heavy atom. The van der Waals surface area contributed by atoms with Crippen LogP contribution in [0.5, 0.6) is 0 Å². The second kappa shape index (κ2) is 10.5. The first-order valence-corrected chi connectivity index (χ1v) is 10.9. The van der Waals surface area contributed by atoms with Gasteiger partial charge in [-0.2, -0.15) is 0 Å². The normalized spacial score (nSPS) is 15.9. The molecular weight excluding hydrogens is 482 g/mol. The van der Waals surface area contributed by atoms with E-state index >= 15 is 0 Å². The molecule has 2 aromatic carbocycles. The van der Waals surface area contributed by atoms with Crippen LogP contribution in [0.2, 0.25) is 0 Å². The third-order valence-electron chi connectivity index (χ3n) is 4.90. The standard InChI is InChI=1S/C22H22BrN3O4S/c1-30-20(28)14-26-18(13-19(27)24-17-9-7-16(23)8-10-17)21(29)25(22(26)31)12-11-15-5-3-2-4-6-15/h2-10,18H,11-14H2,1H3,(H,24,27)/t18-/m0/s1. The molecule has 9 heteroatoms. The second-order valence-corrected chi connectivity index (χ2v) is 8.27. The lowest BCUT2D eigenvalue weighted by Gasteiger charge is -2.22. The van der Waals surface area contributed by atoms with E-state index in [-0.39, 0.29) is 29.9 Å². The topological polar surface area (TPSA) is 79.0 Å². The van der Waals surface area contributed by atoms with Gasteiger partial charge in [0.2, 0.25) is 5.91 Å². The van der Waals surface area contributed by atoms with E-state index in [0.29, 0.717) is 18.7 Å². The molecule has 0 spiro atoms. The number of benzene rings is 2. The molecule has 2 aromatic rings. The first-order valence-electron chi connectivity index (χ1n) is 9.67. The summed E-state index contributed by atoms with van der Waals surface area (Å²) in [4.78, 5) is 40.6. The lowest BCUT2D eigenvalue weighted by Crippen LogP contribution is -2.41. The Hall–Kier alpha value is -2.78. The number of ether oxygens (including phenoxy) is 1. The highest BCUT2D eigenvalue weighted by Gasteiger charge is 2.44. The van der Waals surface area contributed by atoms with E-state index in [0.717, 1.165) is 10.0 Å². The van der Waals surface area contributed by atoms with Crippen molar-refractivity contribution >= 4 is 56.7 Å². The summed E-state index contributed by atoms with van der Waals surface area (Å²) in [6.07, 6.45) is 0.477. The zero-order valence-corrected chi connectivity index (χ0v) is 19.3. The minimum Gasteiger partial charge on any atom is -0.468 e. The maximum Gasteiger partial charge on any atom is 0.325 e. The van der Waals surface area contributed by atoms with Gasteiger partial charge in [-0.15, -0.1) is 0 Å². The Bertz CT molecular complexity index is 968. The van der Waals surface area contributed by atoms with Gasteiger partial charge in [0, 0.05) is 16.7 Å². The molecular formula is C22H22BrN3O4S. The van der Waals surface area contributed by atoms with Crippen LogP contribution in [-0.2, 0) is 25.5 Å². The highest BCUT2D eigenvalue weighted by molar-refractivity contribution is 9.10. The van der Waals surface area contributed by atoms with E-state index in [1.807, 2.05) is 30.3 Å². The number of carbonyl (C=O) groups is 3. The predicted molar refractivity (Wildman–Crippen MR) is 124 cm³/mol. The molecule has 1 heterocycles. The number of carbonyl (C=O) groups excluding carboxylic acids is 3. The zero-order chi connectivity index (χ0) is 22.4. The lowest BCUT2D eigenvalue weighted by molar-refractivity contribution is -0.141. The van der Waals surface area contributed by atoms with E-state index in [1.54, 1.807) is 24.3 Å². The van der Waals surface area contributed by atoms with Gasteiger partial charge in [0.05, 0.1) is 13.5 Å². The van der Waals surface area contributed by atoms with Gasteiger partial charge in [0.25, 0.3) is 5.91 Å². The number of nitrogens with one attached hydrogen (secondary N) is 1. The monoisotopic (exact) mass is 503 g/mol. The molecule has 0 saturated carbocycles. The number of amides is 2. The highest BCUT2D eigenvalue weighted by atomic mass is 79.9. The molecule has 1 aliphatic heterocycles. The first-order chi connectivity index (χ1) is 14.9. The Morgan fingerprint density at radius 2 is 1.81 bits per heavy atom. The third kappa shape index (κ3) is 5.89. The fourth-order valence-electron chi connectivity index (χ4n) is 3.29. The Balaban J connectivity index is 1.72. The molecule has 0 unspecified atom stereocenters. The molecule has 2 amide bonds. The molecule has 31 heavy (non-hydrogen) atoms. The van der Waals surface area contributed by atoms with Gasteiger partial charge in [0.1, 0.15) is 12.6 Å². The average molecular weight is 504 g/mol. The van der Waals surface area contributed by atoms with Gasteiger partial charge < -0.3 is 15.0 Å². The quantitative estimate of drug-likeness (QED) is 0.440. The van der Waals surface area contributed by atoms with Crippen molar-refractivity contribution in [1.82, 2.24) is 9.80 Å². The van der Waals surface area contributed by atoms with Crippen LogP contribution in [0.15, 0.2) is 59.1 Å². The molecule has 3 rings (SSSR count). The minimum absolute atomic E-state index is 0.131. The zero-order valence-electron chi connectivity index (χ0n) is 16.9. The van der Waals surface area contributed by atoms with Crippen LogP contribution in [0.1, 0.15) is 12.0 Å². The van der Waals surface area contributed by atoms with E-state index in [2.05, 4.69) is 21.2 Å². The van der Waals surface area contributed by atoms with Gasteiger partial charge >= 0.3 is 5.97 Å². The first kappa shape index (κ1) is 22.9. The van der Waals surface area contributed by atoms with Gasteiger partial charge in [0.15, 0.2) is 5.11 Å². The fourth-order valence-corrected chi connectivity index (χ4v) is 3.92. The van der Waals surface area contributed by atoms with Crippen molar-refractivity contribution in [2.45, 2.75) is 18.9 Å². The van der Waals surface area contributed by atoms with Crippen LogP contribution in [0, 0.1) is 0 Å². The number of nitrogens with zero attached hydrogens (tertiary/aromatic N) is 2. The second-order valence-electron chi connectivity index (χ2n) is 6.99. The van der Waals surface area contributed by atoms with Crippen LogP contribution < -0.4 is 5.32 Å². The van der Waals surface area contributed by atoms with Crippen molar-refractivity contribution in [2.24, 2.45) is 0 Å². The van der Waals surface area contributed by atoms with Crippen LogP contribution in [-0.4, -0.2) is 58.9 Å². The van der Waals surface area contributed by atoms with Gasteiger partial charge in [-0.25, -0.2) is 0 Å². The van der Waals surface area contributed by atoms with Crippen LogP contribution in [0.3, 0.4) is 0 Å². The van der Waals surface area contributed by atoms with Crippen molar-refractivity contribution in [2.75, 3.05) is 25.5 Å². The molecule has 0 aromatic heterocycles. The SMILES string of the molecule is COC(=O)CN1C(=S)N(CCc2ccccc2)C(=O)[C@@H]1CC(=O)Nc1ccc(Br)cc1. The molecule has 0 aliphatic carbocycles. The van der Waals surface area contributed by atoms with E-state index < -0.39 is 12.0 Å². The molecule has 1 atom stereocenters. The number of hydrogen-bond acceptors (Lipinski definition) is 5. The van der Waals surface area contributed by atoms with E-state index in [9.17, 15) is 14.4 Å². The highest BCUT2D eigenvalue weighted by Crippen LogP contribution is 2.22. The van der Waals surface area contributed by atoms with Crippen LogP contribution in [0.4, 0.5) is 5.69 Å². The number of hydrogen-bond donors (Lipinski definition) is 1. The number of rotatable bonds is 8. The van der Waals surface area contributed by atoms with Crippen molar-refractivity contribution < 1.29 is 19.1 Å². The number of anilines is 1. The number of methoxy groups -OCH3 is 1. The number of halogens is 1. The summed E-state index contributed by atoms with van der Waals surface area (Å²) >= 11 is 8.83. The number of thiocarbonyl (C=S) groups is 1. The Kier molecular flexibility index (Phi) is 7.75. The van der Waals surface area contributed by atoms with Crippen LogP contribution in [0.25, 0.3) is 0 Å². The smallest absolute Gasteiger partial charge is 0.325 e. The number of esters is 1. The van der Waals surface area contributed by atoms with Gasteiger partial charge in [-0.3, -0.25) is 19.3 Å². The van der Waals surface area contributed by atoms with Crippen molar-refractivity contribution in [3.8, 4) is 0 Å². The molecule has 1 N–H and O–H groups in total. The lowest BCUT2D eigenvalue weighted by atomic mass is 10.1. The van der Waals surface area contributed by atoms with Crippen molar-refractivity contribution in [1.29, 1.82) is 0 Å². The largest absolute Gasteiger partial charge is 0.468 e. The average Bonchev–Trinajstić information content (AvgIpc) is 2.98. The van der Waals surface area contributed by atoms with Gasteiger partial charge in [-0.05, 0) is 48.5 Å². The molecule has 7 nitrogen and oxygen atoms in total. The molecule has 0 radical (unpaired) electrons. The van der Waals surface area contributed by atoms with Crippen molar-refractivity contribution in [3.05, 3.63) is 64.6 Å². The van der Waals surface area contributed by atoms with Crippen LogP contribution >= 0.6 is 28.1 Å². The van der Waals surface area contributed by atoms with Crippen molar-refractivity contribution in [3.63, 3.8) is 0 Å². The molecule has 1 aliphatic rings. The molecule has 1 saturated heterocycles. The fraction of sp³-hybridized carbons (Fsp3) is 0.273. The Labute approximate surface area is 194 Å². The summed E-state index contributed by atoms with van der Waals surface area (Å²) in [5.74, 6) is -1.17.